The summed E-state index contributed by atoms with van der Waals surface area (Å²) in [7, 11) is 0. The highest BCUT2D eigenvalue weighted by Gasteiger charge is 2.10. The summed E-state index contributed by atoms with van der Waals surface area (Å²) in [5.74, 6) is 1.06. The van der Waals surface area contributed by atoms with Crippen LogP contribution >= 0.6 is 0 Å². The van der Waals surface area contributed by atoms with Crippen LogP contribution in [0.15, 0.2) is 59.3 Å². The van der Waals surface area contributed by atoms with Gasteiger partial charge in [0, 0.05) is 23.6 Å². The van der Waals surface area contributed by atoms with Gasteiger partial charge in [0.2, 0.25) is 0 Å². The second kappa shape index (κ2) is 4.61. The van der Waals surface area contributed by atoms with Crippen molar-refractivity contribution in [2.45, 2.75) is 6.92 Å². The van der Waals surface area contributed by atoms with Gasteiger partial charge in [0.05, 0.1) is 0 Å². The highest BCUT2D eigenvalue weighted by molar-refractivity contribution is 5.74. The van der Waals surface area contributed by atoms with Gasteiger partial charge in [-0.15, -0.1) is 0 Å². The molecule has 0 saturated heterocycles. The summed E-state index contributed by atoms with van der Waals surface area (Å²) in [5, 5.41) is 0. The van der Waals surface area contributed by atoms with E-state index in [-0.39, 0.29) is 0 Å². The minimum absolute atomic E-state index is 0.348. The maximum Gasteiger partial charge on any atom is 0.185 e. The van der Waals surface area contributed by atoms with E-state index in [1.54, 1.807) is 6.07 Å². The van der Waals surface area contributed by atoms with Crippen LogP contribution in [-0.4, -0.2) is 10.9 Å². The van der Waals surface area contributed by atoms with E-state index in [9.17, 15) is 4.79 Å². The van der Waals surface area contributed by atoms with Crippen LogP contribution in [0.25, 0.3) is 17.0 Å². The van der Waals surface area contributed by atoms with Crippen molar-refractivity contribution in [2.75, 3.05) is 0 Å². The molecular weight excluding hydrogens is 238 g/mol. The molecule has 19 heavy (non-hydrogen) atoms. The zero-order valence-electron chi connectivity index (χ0n) is 10.5. The van der Waals surface area contributed by atoms with Gasteiger partial charge in [0.25, 0.3) is 0 Å². The van der Waals surface area contributed by atoms with Crippen LogP contribution in [0.1, 0.15) is 16.1 Å². The van der Waals surface area contributed by atoms with E-state index in [2.05, 4.69) is 10.6 Å². The summed E-state index contributed by atoms with van der Waals surface area (Å²) in [6, 6.07) is 13.5. The van der Waals surface area contributed by atoms with Gasteiger partial charge < -0.3 is 8.98 Å². The number of carbonyl (C=O) groups excluding carboxylic acids is 1. The van der Waals surface area contributed by atoms with Crippen LogP contribution in [-0.2, 0) is 0 Å². The number of hydrogen-bond acceptors (Lipinski definition) is 2. The predicted octanol–water partition coefficient (Wildman–Crippen LogP) is 3.86. The van der Waals surface area contributed by atoms with E-state index in [1.165, 1.54) is 0 Å². The van der Waals surface area contributed by atoms with Crippen molar-refractivity contribution in [1.82, 2.24) is 4.57 Å². The van der Waals surface area contributed by atoms with Gasteiger partial charge in [-0.3, -0.25) is 4.79 Å². The van der Waals surface area contributed by atoms with Gasteiger partial charge >= 0.3 is 0 Å². The zero-order valence-corrected chi connectivity index (χ0v) is 10.5. The molecule has 3 aromatic rings. The van der Waals surface area contributed by atoms with Crippen LogP contribution in [0.3, 0.4) is 0 Å². The Balaban J connectivity index is 2.13. The molecule has 0 fully saturated rings. The molecule has 0 saturated carbocycles. The lowest BCUT2D eigenvalue weighted by atomic mass is 10.0. The number of rotatable bonds is 3. The van der Waals surface area contributed by atoms with Crippen molar-refractivity contribution >= 4 is 6.29 Å². The number of benzene rings is 1. The molecule has 0 aliphatic carbocycles. The van der Waals surface area contributed by atoms with Gasteiger partial charge in [-0.25, -0.2) is 0 Å². The van der Waals surface area contributed by atoms with Crippen molar-refractivity contribution in [3.8, 4) is 17.0 Å². The molecule has 1 aromatic carbocycles. The SMILES string of the molecule is Cc1c(-c2ccc(C=O)o2)cccc1-n1cccc1. The number of carbonyl (C=O) groups is 1. The molecule has 3 nitrogen and oxygen atoms in total. The largest absolute Gasteiger partial charge is 0.453 e. The molecule has 2 heterocycles. The number of nitrogens with zero attached hydrogens (tertiary/aromatic N) is 1. The molecule has 0 unspecified atom stereocenters. The van der Waals surface area contributed by atoms with Crippen molar-refractivity contribution in [2.24, 2.45) is 0 Å². The molecule has 3 rings (SSSR count). The van der Waals surface area contributed by atoms with Gasteiger partial charge in [0.1, 0.15) is 5.76 Å². The molecule has 0 bridgehead atoms. The Labute approximate surface area is 111 Å². The van der Waals surface area contributed by atoms with E-state index in [0.717, 1.165) is 16.8 Å². The molecular formula is C16H13NO2. The molecule has 3 heteroatoms. The Hall–Kier alpha value is -2.55. The first-order valence-electron chi connectivity index (χ1n) is 6.08. The summed E-state index contributed by atoms with van der Waals surface area (Å²) in [4.78, 5) is 10.7. The normalized spacial score (nSPS) is 10.6. The lowest BCUT2D eigenvalue weighted by Crippen LogP contribution is -1.95. The molecule has 0 aliphatic rings. The average molecular weight is 251 g/mol. The highest BCUT2D eigenvalue weighted by atomic mass is 16.3. The fourth-order valence-corrected chi connectivity index (χ4v) is 2.23. The Morgan fingerprint density at radius 2 is 1.84 bits per heavy atom. The number of furan rings is 1. The minimum atomic E-state index is 0.348. The first-order chi connectivity index (χ1) is 9.29. The van der Waals surface area contributed by atoms with Crippen LogP contribution < -0.4 is 0 Å². The average Bonchev–Trinajstić information content (AvgIpc) is 3.10. The highest BCUT2D eigenvalue weighted by Crippen LogP contribution is 2.28. The summed E-state index contributed by atoms with van der Waals surface area (Å²) in [6.07, 6.45) is 4.73. The summed E-state index contributed by atoms with van der Waals surface area (Å²) < 4.78 is 7.55. The third kappa shape index (κ3) is 1.99. The minimum Gasteiger partial charge on any atom is -0.453 e. The standard InChI is InChI=1S/C16H13NO2/c1-12-14(16-8-7-13(11-18)19-16)5-4-6-15(12)17-9-2-3-10-17/h2-11H,1H3. The second-order valence-corrected chi connectivity index (χ2v) is 4.36. The molecule has 2 aromatic heterocycles. The Bertz CT molecular complexity index is 708. The maximum absolute atomic E-state index is 10.7. The van der Waals surface area contributed by atoms with Gasteiger partial charge in [-0.05, 0) is 42.8 Å². The topological polar surface area (TPSA) is 35.1 Å². The van der Waals surface area contributed by atoms with E-state index >= 15 is 0 Å². The van der Waals surface area contributed by atoms with Crippen LogP contribution in [0.2, 0.25) is 0 Å². The lowest BCUT2D eigenvalue weighted by molar-refractivity contribution is 0.110. The van der Waals surface area contributed by atoms with Crippen LogP contribution in [0.4, 0.5) is 0 Å². The first-order valence-corrected chi connectivity index (χ1v) is 6.08. The third-order valence-electron chi connectivity index (χ3n) is 3.20. The number of aromatic nitrogens is 1. The Morgan fingerprint density at radius 1 is 1.05 bits per heavy atom. The molecule has 0 spiro atoms. The molecule has 0 amide bonds. The maximum atomic E-state index is 10.7. The lowest BCUT2D eigenvalue weighted by Gasteiger charge is -2.10. The van der Waals surface area contributed by atoms with Gasteiger partial charge in [0.15, 0.2) is 12.0 Å². The summed E-state index contributed by atoms with van der Waals surface area (Å²) in [6.45, 7) is 2.05. The van der Waals surface area contributed by atoms with Crippen molar-refractivity contribution in [3.05, 3.63) is 66.2 Å². The summed E-state index contributed by atoms with van der Waals surface area (Å²) in [5.41, 5.74) is 3.22. The van der Waals surface area contributed by atoms with Gasteiger partial charge in [-0.2, -0.15) is 0 Å². The molecule has 0 N–H and O–H groups in total. The van der Waals surface area contributed by atoms with Crippen molar-refractivity contribution < 1.29 is 9.21 Å². The third-order valence-corrected chi connectivity index (χ3v) is 3.20. The zero-order chi connectivity index (χ0) is 13.2. The van der Waals surface area contributed by atoms with E-state index in [0.29, 0.717) is 17.8 Å². The predicted molar refractivity (Wildman–Crippen MR) is 73.6 cm³/mol. The Kier molecular flexibility index (Phi) is 2.80. The van der Waals surface area contributed by atoms with E-state index in [4.69, 9.17) is 4.42 Å². The molecule has 0 radical (unpaired) electrons. The number of hydrogen-bond donors (Lipinski definition) is 0. The molecule has 0 atom stereocenters. The van der Waals surface area contributed by atoms with Crippen molar-refractivity contribution in [1.29, 1.82) is 0 Å². The molecule has 94 valence electrons. The van der Waals surface area contributed by atoms with E-state index < -0.39 is 0 Å². The summed E-state index contributed by atoms with van der Waals surface area (Å²) >= 11 is 0. The fraction of sp³-hybridized carbons (Fsp3) is 0.0625. The van der Waals surface area contributed by atoms with Crippen LogP contribution in [0.5, 0.6) is 0 Å². The van der Waals surface area contributed by atoms with Gasteiger partial charge in [-0.1, -0.05) is 12.1 Å². The Morgan fingerprint density at radius 3 is 2.53 bits per heavy atom. The first kappa shape index (κ1) is 11.5. The number of aldehydes is 1. The fourth-order valence-electron chi connectivity index (χ4n) is 2.23. The smallest absolute Gasteiger partial charge is 0.185 e. The quantitative estimate of drug-likeness (QED) is 0.662. The van der Waals surface area contributed by atoms with Crippen molar-refractivity contribution in [3.63, 3.8) is 0 Å². The van der Waals surface area contributed by atoms with Crippen LogP contribution in [0, 0.1) is 6.92 Å². The monoisotopic (exact) mass is 251 g/mol. The van der Waals surface area contributed by atoms with E-state index in [1.807, 2.05) is 49.6 Å². The molecule has 0 aliphatic heterocycles. The second-order valence-electron chi connectivity index (χ2n) is 4.36.